The molecule has 0 aliphatic heterocycles. The van der Waals surface area contributed by atoms with Crippen LogP contribution in [0, 0.1) is 0 Å². The Morgan fingerprint density at radius 1 is 1.00 bits per heavy atom. The minimum atomic E-state index is -0.0367. The number of ether oxygens (including phenoxy) is 2. The first-order valence-corrected chi connectivity index (χ1v) is 6.57. The Morgan fingerprint density at radius 2 is 1.76 bits per heavy atom. The minimum absolute atomic E-state index is 0.0367. The molecule has 0 aliphatic carbocycles. The Morgan fingerprint density at radius 3 is 2.52 bits per heavy atom. The molecule has 0 bridgehead atoms. The number of ketones is 1. The van der Waals surface area contributed by atoms with Crippen LogP contribution in [-0.2, 0) is 0 Å². The molecule has 1 heterocycles. The molecule has 0 fully saturated rings. The molecule has 0 aliphatic rings. The lowest BCUT2D eigenvalue weighted by atomic mass is 10.0. The molecule has 0 saturated carbocycles. The van der Waals surface area contributed by atoms with Gasteiger partial charge in [0, 0.05) is 34.3 Å². The van der Waals surface area contributed by atoms with Crippen LogP contribution in [0.4, 0.5) is 0 Å². The zero-order valence-electron chi connectivity index (χ0n) is 11.8. The summed E-state index contributed by atoms with van der Waals surface area (Å²) in [7, 11) is 3.20. The van der Waals surface area contributed by atoms with Crippen LogP contribution in [0.2, 0.25) is 0 Å². The fraction of sp³-hybridized carbons (Fsp3) is 0.118. The topological polar surface area (TPSA) is 51.3 Å². The Hall–Kier alpha value is -2.75. The van der Waals surface area contributed by atoms with E-state index in [0.29, 0.717) is 16.9 Å². The summed E-state index contributed by atoms with van der Waals surface area (Å²) < 4.78 is 10.3. The zero-order valence-corrected chi connectivity index (χ0v) is 11.8. The number of fused-ring (bicyclic) bond motifs is 1. The van der Waals surface area contributed by atoms with Gasteiger partial charge in [-0.3, -0.25) is 4.79 Å². The van der Waals surface area contributed by atoms with Crippen molar-refractivity contribution in [2.75, 3.05) is 14.2 Å². The Bertz CT molecular complexity index is 805. The van der Waals surface area contributed by atoms with Crippen LogP contribution in [0.25, 0.3) is 10.9 Å². The number of rotatable bonds is 4. The van der Waals surface area contributed by atoms with Gasteiger partial charge in [-0.25, -0.2) is 0 Å². The molecule has 0 atom stereocenters. The van der Waals surface area contributed by atoms with Gasteiger partial charge in [-0.15, -0.1) is 0 Å². The lowest BCUT2D eigenvalue weighted by molar-refractivity contribution is 0.104. The standard InChI is InChI=1S/C17H15NO3/c1-20-12-5-3-4-11(8-12)17(19)15-10-18-16-9-13(21-2)6-7-14(15)16/h3-10,18H,1-2H3. The fourth-order valence-corrected chi connectivity index (χ4v) is 2.34. The zero-order chi connectivity index (χ0) is 14.8. The SMILES string of the molecule is COc1cccc(C(=O)c2c[nH]c3cc(OC)ccc23)c1. The molecule has 0 unspecified atom stereocenters. The molecule has 21 heavy (non-hydrogen) atoms. The van der Waals surface area contributed by atoms with Gasteiger partial charge in [0.25, 0.3) is 0 Å². The summed E-state index contributed by atoms with van der Waals surface area (Å²) >= 11 is 0. The number of methoxy groups -OCH3 is 2. The summed E-state index contributed by atoms with van der Waals surface area (Å²) in [6.45, 7) is 0. The van der Waals surface area contributed by atoms with E-state index in [4.69, 9.17) is 9.47 Å². The van der Waals surface area contributed by atoms with Crippen LogP contribution in [0.5, 0.6) is 11.5 Å². The molecule has 1 N–H and O–H groups in total. The predicted molar refractivity (Wildman–Crippen MR) is 81.3 cm³/mol. The third-order valence-electron chi connectivity index (χ3n) is 3.47. The molecule has 3 rings (SSSR count). The molecule has 0 saturated heterocycles. The Kier molecular flexibility index (Phi) is 3.36. The van der Waals surface area contributed by atoms with Gasteiger partial charge in [0.2, 0.25) is 0 Å². The van der Waals surface area contributed by atoms with Gasteiger partial charge >= 0.3 is 0 Å². The third-order valence-corrected chi connectivity index (χ3v) is 3.47. The molecule has 1 aromatic heterocycles. The highest BCUT2D eigenvalue weighted by Crippen LogP contribution is 2.25. The van der Waals surface area contributed by atoms with Gasteiger partial charge in [-0.2, -0.15) is 0 Å². The third kappa shape index (κ3) is 2.36. The number of hydrogen-bond donors (Lipinski definition) is 1. The molecule has 4 nitrogen and oxygen atoms in total. The van der Waals surface area contributed by atoms with E-state index in [1.165, 1.54) is 0 Å². The Balaban J connectivity index is 2.05. The van der Waals surface area contributed by atoms with E-state index < -0.39 is 0 Å². The van der Waals surface area contributed by atoms with Gasteiger partial charge in [-0.1, -0.05) is 12.1 Å². The van der Waals surface area contributed by atoms with E-state index in [1.807, 2.05) is 30.3 Å². The van der Waals surface area contributed by atoms with Crippen molar-refractivity contribution in [3.05, 3.63) is 59.8 Å². The molecule has 4 heteroatoms. The lowest BCUT2D eigenvalue weighted by Crippen LogP contribution is -2.00. The van der Waals surface area contributed by atoms with E-state index >= 15 is 0 Å². The van der Waals surface area contributed by atoms with E-state index in [2.05, 4.69) is 4.98 Å². The second kappa shape index (κ2) is 5.32. The van der Waals surface area contributed by atoms with Crippen molar-refractivity contribution in [2.24, 2.45) is 0 Å². The van der Waals surface area contributed by atoms with E-state index in [1.54, 1.807) is 32.5 Å². The van der Waals surface area contributed by atoms with Crippen LogP contribution in [0.1, 0.15) is 15.9 Å². The fourth-order valence-electron chi connectivity index (χ4n) is 2.34. The van der Waals surface area contributed by atoms with E-state index in [-0.39, 0.29) is 5.78 Å². The van der Waals surface area contributed by atoms with E-state index in [9.17, 15) is 4.79 Å². The van der Waals surface area contributed by atoms with Gasteiger partial charge in [0.15, 0.2) is 5.78 Å². The maximum Gasteiger partial charge on any atom is 0.195 e. The quantitative estimate of drug-likeness (QED) is 0.745. The van der Waals surface area contributed by atoms with Crippen molar-refractivity contribution < 1.29 is 14.3 Å². The number of aromatic nitrogens is 1. The highest BCUT2D eigenvalue weighted by atomic mass is 16.5. The number of nitrogens with one attached hydrogen (secondary N) is 1. The van der Waals surface area contributed by atoms with Crippen LogP contribution in [0.15, 0.2) is 48.7 Å². The number of aromatic amines is 1. The van der Waals surface area contributed by atoms with Gasteiger partial charge < -0.3 is 14.5 Å². The summed E-state index contributed by atoms with van der Waals surface area (Å²) in [5.74, 6) is 1.39. The molecule has 0 amide bonds. The lowest BCUT2D eigenvalue weighted by Gasteiger charge is -2.04. The van der Waals surface area contributed by atoms with E-state index in [0.717, 1.165) is 16.7 Å². The van der Waals surface area contributed by atoms with Gasteiger partial charge in [0.05, 0.1) is 14.2 Å². The van der Waals surface area contributed by atoms with Gasteiger partial charge in [-0.05, 0) is 24.3 Å². The first kappa shape index (κ1) is 13.2. The molecule has 0 radical (unpaired) electrons. The maximum absolute atomic E-state index is 12.6. The molecule has 106 valence electrons. The van der Waals surface area contributed by atoms with Crippen molar-refractivity contribution >= 4 is 16.7 Å². The highest BCUT2D eigenvalue weighted by Gasteiger charge is 2.15. The molecule has 3 aromatic rings. The first-order valence-electron chi connectivity index (χ1n) is 6.57. The maximum atomic E-state index is 12.6. The number of H-pyrrole nitrogens is 1. The molecule has 2 aromatic carbocycles. The summed E-state index contributed by atoms with van der Waals surface area (Å²) in [6.07, 6.45) is 1.73. The summed E-state index contributed by atoms with van der Waals surface area (Å²) in [4.78, 5) is 15.7. The molecular weight excluding hydrogens is 266 g/mol. The van der Waals surface area contributed by atoms with Crippen molar-refractivity contribution in [1.29, 1.82) is 0 Å². The van der Waals surface area contributed by atoms with Crippen molar-refractivity contribution in [3.63, 3.8) is 0 Å². The van der Waals surface area contributed by atoms with Crippen LogP contribution >= 0.6 is 0 Å². The first-order chi connectivity index (χ1) is 10.2. The second-order valence-corrected chi connectivity index (χ2v) is 4.67. The number of carbonyl (C=O) groups excluding carboxylic acids is 1. The number of carbonyl (C=O) groups is 1. The van der Waals surface area contributed by atoms with Crippen molar-refractivity contribution in [1.82, 2.24) is 4.98 Å². The Labute approximate surface area is 122 Å². The normalized spacial score (nSPS) is 10.6. The number of hydrogen-bond acceptors (Lipinski definition) is 3. The van der Waals surface area contributed by atoms with Crippen LogP contribution < -0.4 is 9.47 Å². The van der Waals surface area contributed by atoms with Crippen molar-refractivity contribution in [2.45, 2.75) is 0 Å². The average molecular weight is 281 g/mol. The van der Waals surface area contributed by atoms with Crippen LogP contribution in [-0.4, -0.2) is 25.0 Å². The summed E-state index contributed by atoms with van der Waals surface area (Å²) in [5.41, 5.74) is 2.12. The predicted octanol–water partition coefficient (Wildman–Crippen LogP) is 3.42. The number of benzene rings is 2. The monoisotopic (exact) mass is 281 g/mol. The largest absolute Gasteiger partial charge is 0.497 e. The molecule has 0 spiro atoms. The summed E-state index contributed by atoms with van der Waals surface area (Å²) in [6, 6.07) is 12.8. The van der Waals surface area contributed by atoms with Crippen LogP contribution in [0.3, 0.4) is 0 Å². The smallest absolute Gasteiger partial charge is 0.195 e. The van der Waals surface area contributed by atoms with Gasteiger partial charge in [0.1, 0.15) is 11.5 Å². The second-order valence-electron chi connectivity index (χ2n) is 4.67. The minimum Gasteiger partial charge on any atom is -0.497 e. The molecular formula is C17H15NO3. The van der Waals surface area contributed by atoms with Crippen molar-refractivity contribution in [3.8, 4) is 11.5 Å². The average Bonchev–Trinajstić information content (AvgIpc) is 2.97. The highest BCUT2D eigenvalue weighted by molar-refractivity contribution is 6.16. The summed E-state index contributed by atoms with van der Waals surface area (Å²) in [5, 5.41) is 0.878.